The molecule has 2 heteroatoms. The zero-order chi connectivity index (χ0) is 13.4. The van der Waals surface area contributed by atoms with Crippen LogP contribution < -0.4 is 0 Å². The molecule has 0 aliphatic carbocycles. The summed E-state index contributed by atoms with van der Waals surface area (Å²) in [6.07, 6.45) is 0. The summed E-state index contributed by atoms with van der Waals surface area (Å²) in [7, 11) is 0. The standard InChI is InChI=1S/C18H12STe/c1-3-7-13(8-4-1)16-11-15-12-17(20-18(15)19-16)14-9-5-2-6-10-14/h1-12H. The fourth-order valence-electron chi connectivity index (χ4n) is 2.33. The number of rotatable bonds is 2. The van der Waals surface area contributed by atoms with Gasteiger partial charge in [-0.05, 0) is 0 Å². The maximum atomic E-state index is 2.40. The first-order chi connectivity index (χ1) is 9.90. The molecule has 4 rings (SSSR count). The predicted molar refractivity (Wildman–Crippen MR) is 89.6 cm³/mol. The summed E-state index contributed by atoms with van der Waals surface area (Å²) in [5.41, 5.74) is 2.74. The van der Waals surface area contributed by atoms with Crippen molar-refractivity contribution < 1.29 is 0 Å². The Kier molecular flexibility index (Phi) is 3.24. The van der Waals surface area contributed by atoms with Gasteiger partial charge in [0.05, 0.1) is 0 Å². The van der Waals surface area contributed by atoms with Gasteiger partial charge in [-0.3, -0.25) is 0 Å². The number of thiophene rings is 1. The summed E-state index contributed by atoms with van der Waals surface area (Å²) in [5, 5.41) is 1.45. The van der Waals surface area contributed by atoms with Crippen molar-refractivity contribution in [2.45, 2.75) is 0 Å². The molecule has 0 atom stereocenters. The second kappa shape index (κ2) is 5.22. The second-order valence-electron chi connectivity index (χ2n) is 4.70. The summed E-state index contributed by atoms with van der Waals surface area (Å²) in [6.45, 7) is 0. The van der Waals surface area contributed by atoms with Crippen LogP contribution >= 0.6 is 11.3 Å². The molecule has 0 aliphatic rings. The minimum absolute atomic E-state index is 0.210. The molecule has 2 heterocycles. The van der Waals surface area contributed by atoms with Gasteiger partial charge in [-0.25, -0.2) is 0 Å². The van der Waals surface area contributed by atoms with E-state index in [9.17, 15) is 0 Å². The topological polar surface area (TPSA) is 0 Å². The molecule has 4 aromatic rings. The van der Waals surface area contributed by atoms with Gasteiger partial charge in [0.25, 0.3) is 0 Å². The first kappa shape index (κ1) is 12.4. The van der Waals surface area contributed by atoms with Crippen LogP contribution in [0.25, 0.3) is 27.7 Å². The van der Waals surface area contributed by atoms with Crippen LogP contribution in [0.4, 0.5) is 0 Å². The van der Waals surface area contributed by atoms with E-state index >= 15 is 0 Å². The van der Waals surface area contributed by atoms with E-state index in [0.717, 1.165) is 0 Å². The van der Waals surface area contributed by atoms with Gasteiger partial charge in [-0.2, -0.15) is 0 Å². The minimum atomic E-state index is -0.210. The van der Waals surface area contributed by atoms with E-state index in [4.69, 9.17) is 0 Å². The van der Waals surface area contributed by atoms with Gasteiger partial charge in [0.15, 0.2) is 0 Å². The van der Waals surface area contributed by atoms with Gasteiger partial charge in [-0.1, -0.05) is 0 Å². The molecule has 20 heavy (non-hydrogen) atoms. The van der Waals surface area contributed by atoms with Crippen molar-refractivity contribution in [1.82, 2.24) is 0 Å². The van der Waals surface area contributed by atoms with E-state index in [2.05, 4.69) is 72.8 Å². The molecular formula is C18H12STe. The SMILES string of the molecule is c1ccc(-c2cc3cc(-c4ccccc4)[te]c3s2)cc1. The van der Waals surface area contributed by atoms with E-state index < -0.39 is 0 Å². The predicted octanol–water partition coefficient (Wildman–Crippen LogP) is 5.29. The van der Waals surface area contributed by atoms with Gasteiger partial charge in [-0.15, -0.1) is 0 Å². The van der Waals surface area contributed by atoms with Gasteiger partial charge in [0, 0.05) is 0 Å². The molecule has 0 N–H and O–H groups in total. The number of hydrogen-bond donors (Lipinski definition) is 0. The van der Waals surface area contributed by atoms with Gasteiger partial charge < -0.3 is 0 Å². The average Bonchev–Trinajstić information content (AvgIpc) is 3.08. The van der Waals surface area contributed by atoms with E-state index in [1.54, 1.807) is 6.30 Å². The van der Waals surface area contributed by atoms with E-state index in [1.165, 1.54) is 21.4 Å². The molecule has 0 nitrogen and oxygen atoms in total. The van der Waals surface area contributed by atoms with Gasteiger partial charge in [0.1, 0.15) is 0 Å². The molecule has 0 aliphatic heterocycles. The monoisotopic (exact) mass is 390 g/mol. The van der Waals surface area contributed by atoms with Crippen LogP contribution in [-0.2, 0) is 0 Å². The zero-order valence-electron chi connectivity index (χ0n) is 10.7. The summed E-state index contributed by atoms with van der Waals surface area (Å²) in [6, 6.07) is 26.3. The third-order valence-electron chi connectivity index (χ3n) is 3.33. The molecule has 0 saturated carbocycles. The Morgan fingerprint density at radius 3 is 2.00 bits per heavy atom. The molecule has 2 aromatic carbocycles. The van der Waals surface area contributed by atoms with Crippen molar-refractivity contribution >= 4 is 39.9 Å². The summed E-state index contributed by atoms with van der Waals surface area (Å²) in [5.74, 6) is 0. The van der Waals surface area contributed by atoms with Crippen molar-refractivity contribution in [3.63, 3.8) is 0 Å². The Morgan fingerprint density at radius 2 is 1.35 bits per heavy atom. The van der Waals surface area contributed by atoms with Crippen molar-refractivity contribution in [2.24, 2.45) is 0 Å². The number of benzene rings is 2. The van der Waals surface area contributed by atoms with E-state index in [0.29, 0.717) is 0 Å². The number of fused-ring (bicyclic) bond motifs is 1. The molecular weight excluding hydrogens is 376 g/mol. The molecule has 0 amide bonds. The normalized spacial score (nSPS) is 11.0. The zero-order valence-corrected chi connectivity index (χ0v) is 13.9. The van der Waals surface area contributed by atoms with Gasteiger partial charge in [0.2, 0.25) is 0 Å². The third kappa shape index (κ3) is 2.25. The second-order valence-corrected chi connectivity index (χ2v) is 9.56. The molecule has 0 saturated heterocycles. The Labute approximate surface area is 131 Å². The van der Waals surface area contributed by atoms with Crippen molar-refractivity contribution in [3.05, 3.63) is 72.8 Å². The van der Waals surface area contributed by atoms with Crippen molar-refractivity contribution in [3.8, 4) is 19.6 Å². The molecule has 96 valence electrons. The van der Waals surface area contributed by atoms with E-state index in [-0.39, 0.29) is 20.4 Å². The number of hydrogen-bond acceptors (Lipinski definition) is 1. The summed E-state index contributed by atoms with van der Waals surface area (Å²) < 4.78 is 3.19. The van der Waals surface area contributed by atoms with E-state index in [1.807, 2.05) is 11.3 Å². The maximum absolute atomic E-state index is 2.40. The molecule has 2 aromatic heterocycles. The summed E-state index contributed by atoms with van der Waals surface area (Å²) in [4.78, 5) is 1.41. The summed E-state index contributed by atoms with van der Waals surface area (Å²) >= 11 is 1.77. The molecule has 0 radical (unpaired) electrons. The molecule has 0 spiro atoms. The quantitative estimate of drug-likeness (QED) is 0.410. The van der Waals surface area contributed by atoms with Gasteiger partial charge >= 0.3 is 132 Å². The Morgan fingerprint density at radius 1 is 0.700 bits per heavy atom. The Hall–Kier alpha value is -1.33. The molecule has 0 unspecified atom stereocenters. The van der Waals surface area contributed by atoms with Crippen LogP contribution in [0.5, 0.6) is 0 Å². The fraction of sp³-hybridized carbons (Fsp3) is 0. The molecule has 0 fully saturated rings. The first-order valence-corrected chi connectivity index (χ1v) is 9.69. The Bertz CT molecular complexity index is 740. The van der Waals surface area contributed by atoms with Crippen LogP contribution in [0.1, 0.15) is 0 Å². The fourth-order valence-corrected chi connectivity index (χ4v) is 7.47. The van der Waals surface area contributed by atoms with Crippen LogP contribution in [0.3, 0.4) is 0 Å². The van der Waals surface area contributed by atoms with Crippen molar-refractivity contribution in [1.29, 1.82) is 0 Å². The van der Waals surface area contributed by atoms with Crippen LogP contribution in [0.15, 0.2) is 72.8 Å². The third-order valence-corrected chi connectivity index (χ3v) is 8.44. The van der Waals surface area contributed by atoms with Crippen molar-refractivity contribution in [2.75, 3.05) is 0 Å². The average molecular weight is 388 g/mol. The Balaban J connectivity index is 1.78. The van der Waals surface area contributed by atoms with Crippen LogP contribution in [-0.4, -0.2) is 20.4 Å². The molecule has 0 bridgehead atoms. The van der Waals surface area contributed by atoms with Crippen LogP contribution in [0, 0.1) is 0 Å². The van der Waals surface area contributed by atoms with Crippen LogP contribution in [0.2, 0.25) is 0 Å². The first-order valence-electron chi connectivity index (χ1n) is 6.54.